The van der Waals surface area contributed by atoms with Crippen molar-refractivity contribution in [2.75, 3.05) is 25.1 Å². The van der Waals surface area contributed by atoms with Gasteiger partial charge >= 0.3 is 5.97 Å². The van der Waals surface area contributed by atoms with Gasteiger partial charge in [0.25, 0.3) is 5.91 Å². The van der Waals surface area contributed by atoms with Gasteiger partial charge in [0.05, 0.1) is 11.6 Å². The van der Waals surface area contributed by atoms with Gasteiger partial charge in [-0.2, -0.15) is 0 Å². The van der Waals surface area contributed by atoms with Crippen molar-refractivity contribution in [2.45, 2.75) is 36.3 Å². The second-order valence-electron chi connectivity index (χ2n) is 7.50. The third kappa shape index (κ3) is 6.88. The molecule has 1 unspecified atom stereocenters. The van der Waals surface area contributed by atoms with Crippen LogP contribution in [0, 0.1) is 23.4 Å². The molecule has 0 saturated carbocycles. The van der Waals surface area contributed by atoms with Crippen LogP contribution in [0.4, 0.5) is 18.9 Å². The molecule has 1 aliphatic heterocycles. The van der Waals surface area contributed by atoms with Crippen LogP contribution in [0.1, 0.15) is 36.5 Å². The molecule has 3 rings (SSSR count). The van der Waals surface area contributed by atoms with E-state index < -0.39 is 28.6 Å². The van der Waals surface area contributed by atoms with Gasteiger partial charge in [-0.05, 0) is 50.3 Å². The summed E-state index contributed by atoms with van der Waals surface area (Å²) in [4.78, 5) is 25.7. The molecular weight excluding hydrogens is 479 g/mol. The fraction of sp³-hybridized carbons (Fsp3) is 0.391. The van der Waals surface area contributed by atoms with Gasteiger partial charge in [-0.1, -0.05) is 11.6 Å². The molecule has 1 fully saturated rings. The molecular formula is C23H23ClF3NO4S. The highest BCUT2D eigenvalue weighted by molar-refractivity contribution is 8.00. The number of halogens is 4. The summed E-state index contributed by atoms with van der Waals surface area (Å²) >= 11 is 7.53. The number of esters is 1. The molecule has 1 N–H and O–H groups in total. The Morgan fingerprint density at radius 1 is 1.18 bits per heavy atom. The van der Waals surface area contributed by atoms with Crippen molar-refractivity contribution in [2.24, 2.45) is 5.92 Å². The quantitative estimate of drug-likeness (QED) is 0.279. The van der Waals surface area contributed by atoms with Gasteiger partial charge in [-0.3, -0.25) is 9.59 Å². The Morgan fingerprint density at radius 2 is 1.85 bits per heavy atom. The van der Waals surface area contributed by atoms with Gasteiger partial charge in [0.2, 0.25) is 0 Å². The minimum absolute atomic E-state index is 0.153. The number of thioether (sulfide) groups is 1. The van der Waals surface area contributed by atoms with Crippen LogP contribution in [0.5, 0.6) is 0 Å². The van der Waals surface area contributed by atoms with Crippen molar-refractivity contribution in [3.8, 4) is 0 Å². The fourth-order valence-corrected chi connectivity index (χ4v) is 4.90. The Labute approximate surface area is 199 Å². The number of nitrogens with one attached hydrogen (secondary N) is 1. The molecule has 0 aliphatic carbocycles. The molecule has 1 heterocycles. The SMILES string of the molecule is CCOC(=O)C(CC1CCOCC1)Sc1cc(C(=O)Nc2cc(F)c(F)c(F)c2)ccc1Cl. The first kappa shape index (κ1) is 25.4. The Kier molecular flexibility index (Phi) is 9.05. The summed E-state index contributed by atoms with van der Waals surface area (Å²) < 4.78 is 50.7. The van der Waals surface area contributed by atoms with Crippen LogP contribution >= 0.6 is 23.4 Å². The van der Waals surface area contributed by atoms with Crippen LogP contribution in [0.2, 0.25) is 5.02 Å². The van der Waals surface area contributed by atoms with Crippen molar-refractivity contribution in [3.63, 3.8) is 0 Å². The zero-order chi connectivity index (χ0) is 24.0. The monoisotopic (exact) mass is 501 g/mol. The molecule has 33 heavy (non-hydrogen) atoms. The highest BCUT2D eigenvalue weighted by atomic mass is 35.5. The van der Waals surface area contributed by atoms with Crippen LogP contribution < -0.4 is 5.32 Å². The van der Waals surface area contributed by atoms with E-state index in [1.54, 1.807) is 6.92 Å². The molecule has 1 amide bonds. The number of benzene rings is 2. The summed E-state index contributed by atoms with van der Waals surface area (Å²) in [5.74, 6) is -5.18. The van der Waals surface area contributed by atoms with Crippen LogP contribution in [0.3, 0.4) is 0 Å². The van der Waals surface area contributed by atoms with E-state index in [-0.39, 0.29) is 23.8 Å². The third-order valence-corrected chi connectivity index (χ3v) is 6.84. The van der Waals surface area contributed by atoms with Crippen LogP contribution in [0.25, 0.3) is 0 Å². The van der Waals surface area contributed by atoms with E-state index in [0.29, 0.717) is 47.6 Å². The number of hydrogen-bond donors (Lipinski definition) is 1. The van der Waals surface area contributed by atoms with E-state index in [4.69, 9.17) is 21.1 Å². The molecule has 0 bridgehead atoms. The number of amides is 1. The summed E-state index contributed by atoms with van der Waals surface area (Å²) in [5.41, 5.74) is -0.0785. The maximum absolute atomic E-state index is 13.4. The van der Waals surface area contributed by atoms with Crippen molar-refractivity contribution in [3.05, 3.63) is 58.4 Å². The van der Waals surface area contributed by atoms with Crippen LogP contribution in [0.15, 0.2) is 35.2 Å². The second kappa shape index (κ2) is 11.8. The Balaban J connectivity index is 1.78. The summed E-state index contributed by atoms with van der Waals surface area (Å²) in [6.07, 6.45) is 2.27. The third-order valence-electron chi connectivity index (χ3n) is 5.14. The van der Waals surface area contributed by atoms with Crippen molar-refractivity contribution in [1.82, 2.24) is 0 Å². The van der Waals surface area contributed by atoms with Crippen LogP contribution in [-0.2, 0) is 14.3 Å². The van der Waals surface area contributed by atoms with Crippen molar-refractivity contribution >= 4 is 40.9 Å². The Morgan fingerprint density at radius 3 is 2.48 bits per heavy atom. The van der Waals surface area contributed by atoms with Crippen molar-refractivity contribution in [1.29, 1.82) is 0 Å². The molecule has 1 atom stereocenters. The highest BCUT2D eigenvalue weighted by Crippen LogP contribution is 2.36. The summed E-state index contributed by atoms with van der Waals surface area (Å²) in [6, 6.07) is 5.81. The highest BCUT2D eigenvalue weighted by Gasteiger charge is 2.28. The fourth-order valence-electron chi connectivity index (χ4n) is 3.43. The number of rotatable bonds is 8. The molecule has 2 aromatic rings. The lowest BCUT2D eigenvalue weighted by molar-refractivity contribution is -0.142. The van der Waals surface area contributed by atoms with Gasteiger partial charge in [-0.25, -0.2) is 13.2 Å². The lowest BCUT2D eigenvalue weighted by Crippen LogP contribution is -2.26. The largest absolute Gasteiger partial charge is 0.465 e. The lowest BCUT2D eigenvalue weighted by Gasteiger charge is -2.25. The summed E-state index contributed by atoms with van der Waals surface area (Å²) in [7, 11) is 0. The molecule has 1 aliphatic rings. The molecule has 2 aromatic carbocycles. The van der Waals surface area contributed by atoms with E-state index in [2.05, 4.69) is 5.32 Å². The average molecular weight is 502 g/mol. The van der Waals surface area contributed by atoms with E-state index in [1.165, 1.54) is 30.0 Å². The number of carbonyl (C=O) groups excluding carboxylic acids is 2. The molecule has 0 radical (unpaired) electrons. The van der Waals surface area contributed by atoms with Gasteiger partial charge < -0.3 is 14.8 Å². The predicted molar refractivity (Wildman–Crippen MR) is 120 cm³/mol. The van der Waals surface area contributed by atoms with E-state index in [1.807, 2.05) is 0 Å². The maximum atomic E-state index is 13.4. The maximum Gasteiger partial charge on any atom is 0.319 e. The topological polar surface area (TPSA) is 64.6 Å². The molecule has 5 nitrogen and oxygen atoms in total. The average Bonchev–Trinajstić information content (AvgIpc) is 2.79. The number of carbonyl (C=O) groups is 2. The van der Waals surface area contributed by atoms with E-state index >= 15 is 0 Å². The lowest BCUT2D eigenvalue weighted by atomic mass is 9.95. The Bertz CT molecular complexity index is 994. The first-order valence-corrected chi connectivity index (χ1v) is 11.7. The predicted octanol–water partition coefficient (Wildman–Crippen LogP) is 5.85. The van der Waals surface area contributed by atoms with E-state index in [0.717, 1.165) is 12.8 Å². The van der Waals surface area contributed by atoms with Gasteiger partial charge in [0, 0.05) is 41.5 Å². The van der Waals surface area contributed by atoms with Crippen LogP contribution in [-0.4, -0.2) is 36.9 Å². The molecule has 0 spiro atoms. The van der Waals surface area contributed by atoms with Gasteiger partial charge in [0.1, 0.15) is 5.25 Å². The minimum atomic E-state index is -1.62. The second-order valence-corrected chi connectivity index (χ2v) is 9.15. The van der Waals surface area contributed by atoms with Gasteiger partial charge in [0.15, 0.2) is 17.5 Å². The van der Waals surface area contributed by atoms with Crippen molar-refractivity contribution < 1.29 is 32.2 Å². The number of ether oxygens (including phenoxy) is 2. The van der Waals surface area contributed by atoms with E-state index in [9.17, 15) is 22.8 Å². The molecule has 0 aromatic heterocycles. The molecule has 178 valence electrons. The first-order valence-electron chi connectivity index (χ1n) is 10.4. The minimum Gasteiger partial charge on any atom is -0.465 e. The first-order chi connectivity index (χ1) is 15.8. The molecule has 1 saturated heterocycles. The number of hydrogen-bond acceptors (Lipinski definition) is 5. The number of anilines is 1. The normalized spacial score (nSPS) is 15.2. The summed E-state index contributed by atoms with van der Waals surface area (Å²) in [6.45, 7) is 3.26. The zero-order valence-electron chi connectivity index (χ0n) is 17.8. The standard InChI is InChI=1S/C23H23ClF3NO4S/c1-2-32-23(30)20(9-13-5-7-31-8-6-13)33-19-10-14(3-4-16(19)24)22(29)28-15-11-17(25)21(27)18(26)12-15/h3-4,10-13,20H,2,5-9H2,1H3,(H,28,29). The molecule has 10 heteroatoms. The smallest absolute Gasteiger partial charge is 0.319 e. The summed E-state index contributed by atoms with van der Waals surface area (Å²) in [5, 5.41) is 2.15. The zero-order valence-corrected chi connectivity index (χ0v) is 19.4. The Hall–Kier alpha value is -2.23. The van der Waals surface area contributed by atoms with Gasteiger partial charge in [-0.15, -0.1) is 11.8 Å².